The Labute approximate surface area is 92.1 Å². The van der Waals surface area contributed by atoms with Crippen molar-refractivity contribution in [2.24, 2.45) is 5.92 Å². The molecular weight excluding hydrogens is 186 g/mol. The van der Waals surface area contributed by atoms with Gasteiger partial charge in [0.25, 0.3) is 0 Å². The van der Waals surface area contributed by atoms with Crippen LogP contribution >= 0.6 is 0 Å². The molecule has 0 amide bonds. The number of hydrogen-bond donors (Lipinski definition) is 1. The molecular formula is C13H21NO. The molecule has 0 spiro atoms. The van der Waals surface area contributed by atoms with E-state index in [2.05, 4.69) is 25.4 Å². The van der Waals surface area contributed by atoms with Gasteiger partial charge in [-0.1, -0.05) is 13.3 Å². The lowest BCUT2D eigenvalue weighted by atomic mass is 9.73. The molecule has 1 fully saturated rings. The zero-order chi connectivity index (χ0) is 10.7. The first-order valence-electron chi connectivity index (χ1n) is 6.04. The second-order valence-electron chi connectivity index (χ2n) is 4.63. The second-order valence-corrected chi connectivity index (χ2v) is 4.63. The summed E-state index contributed by atoms with van der Waals surface area (Å²) < 4.78 is 5.21. The topological polar surface area (TPSA) is 25.2 Å². The Morgan fingerprint density at radius 1 is 1.47 bits per heavy atom. The molecule has 3 unspecified atom stereocenters. The predicted molar refractivity (Wildman–Crippen MR) is 61.9 cm³/mol. The molecule has 0 aliphatic heterocycles. The zero-order valence-corrected chi connectivity index (χ0v) is 9.70. The van der Waals surface area contributed by atoms with Crippen molar-refractivity contribution in [3.8, 4) is 0 Å². The Bertz CT molecular complexity index is 281. The van der Waals surface area contributed by atoms with E-state index in [0.717, 1.165) is 5.92 Å². The minimum Gasteiger partial charge on any atom is -0.472 e. The predicted octanol–water partition coefficient (Wildman–Crippen LogP) is 3.16. The van der Waals surface area contributed by atoms with Gasteiger partial charge in [-0.2, -0.15) is 0 Å². The average Bonchev–Trinajstić information content (AvgIpc) is 2.81. The molecule has 1 aliphatic carbocycles. The van der Waals surface area contributed by atoms with Crippen molar-refractivity contribution < 1.29 is 4.42 Å². The molecule has 0 aromatic carbocycles. The summed E-state index contributed by atoms with van der Waals surface area (Å²) in [5, 5.41) is 3.41. The first-order valence-corrected chi connectivity index (χ1v) is 6.04. The Kier molecular flexibility index (Phi) is 3.47. The molecule has 1 saturated carbocycles. The Morgan fingerprint density at radius 2 is 2.33 bits per heavy atom. The minimum atomic E-state index is 0.688. The highest BCUT2D eigenvalue weighted by atomic mass is 16.3. The zero-order valence-electron chi connectivity index (χ0n) is 9.70. The third-order valence-corrected chi connectivity index (χ3v) is 3.90. The molecule has 2 nitrogen and oxygen atoms in total. The highest BCUT2D eigenvalue weighted by Gasteiger charge is 2.30. The monoisotopic (exact) mass is 207 g/mol. The molecule has 1 heterocycles. The van der Waals surface area contributed by atoms with Crippen LogP contribution in [-0.4, -0.2) is 13.1 Å². The highest BCUT2D eigenvalue weighted by Crippen LogP contribution is 2.39. The number of hydrogen-bond acceptors (Lipinski definition) is 2. The molecule has 0 saturated heterocycles. The summed E-state index contributed by atoms with van der Waals surface area (Å²) in [6, 6.07) is 2.82. The van der Waals surface area contributed by atoms with Gasteiger partial charge in [-0.25, -0.2) is 0 Å². The van der Waals surface area contributed by atoms with Gasteiger partial charge in [0.15, 0.2) is 0 Å². The van der Waals surface area contributed by atoms with E-state index in [0.29, 0.717) is 12.0 Å². The van der Waals surface area contributed by atoms with E-state index in [9.17, 15) is 0 Å². The van der Waals surface area contributed by atoms with E-state index in [1.807, 2.05) is 6.26 Å². The van der Waals surface area contributed by atoms with Crippen LogP contribution < -0.4 is 5.32 Å². The normalized spacial score (nSPS) is 31.7. The first kappa shape index (κ1) is 10.7. The van der Waals surface area contributed by atoms with Crippen LogP contribution in [0, 0.1) is 5.92 Å². The van der Waals surface area contributed by atoms with Gasteiger partial charge in [-0.3, -0.25) is 0 Å². The lowest BCUT2D eigenvalue weighted by Crippen LogP contribution is -2.34. The van der Waals surface area contributed by atoms with Crippen LogP contribution in [0.5, 0.6) is 0 Å². The minimum absolute atomic E-state index is 0.688. The Hall–Kier alpha value is -0.760. The maximum Gasteiger partial charge on any atom is 0.0937 e. The SMILES string of the molecule is CCC1CCC(NC)CC1c1ccoc1. The maximum atomic E-state index is 5.21. The van der Waals surface area contributed by atoms with Gasteiger partial charge in [0.2, 0.25) is 0 Å². The van der Waals surface area contributed by atoms with Crippen LogP contribution in [0.15, 0.2) is 23.0 Å². The quantitative estimate of drug-likeness (QED) is 0.823. The third kappa shape index (κ3) is 2.25. The third-order valence-electron chi connectivity index (χ3n) is 3.90. The van der Waals surface area contributed by atoms with Crippen LogP contribution in [0.25, 0.3) is 0 Å². The molecule has 15 heavy (non-hydrogen) atoms. The molecule has 2 rings (SSSR count). The van der Waals surface area contributed by atoms with Crippen LogP contribution in [0.4, 0.5) is 0 Å². The van der Waals surface area contributed by atoms with Gasteiger partial charge in [0.05, 0.1) is 12.5 Å². The van der Waals surface area contributed by atoms with Crippen molar-refractivity contribution in [2.45, 2.75) is 44.6 Å². The summed E-state index contributed by atoms with van der Waals surface area (Å²) in [7, 11) is 2.07. The number of nitrogens with one attached hydrogen (secondary N) is 1. The lowest BCUT2D eigenvalue weighted by Gasteiger charge is -2.35. The molecule has 1 N–H and O–H groups in total. The molecule has 1 aromatic heterocycles. The van der Waals surface area contributed by atoms with E-state index >= 15 is 0 Å². The van der Waals surface area contributed by atoms with Gasteiger partial charge < -0.3 is 9.73 Å². The van der Waals surface area contributed by atoms with Crippen LogP contribution in [0.1, 0.15) is 44.1 Å². The van der Waals surface area contributed by atoms with Crippen LogP contribution in [0.3, 0.4) is 0 Å². The standard InChI is InChI=1S/C13H21NO/c1-3-10-4-5-12(14-2)8-13(10)11-6-7-15-9-11/h6-7,9-10,12-14H,3-5,8H2,1-2H3. The van der Waals surface area contributed by atoms with Gasteiger partial charge in [-0.05, 0) is 49.8 Å². The van der Waals surface area contributed by atoms with E-state index < -0.39 is 0 Å². The van der Waals surface area contributed by atoms with Crippen molar-refractivity contribution in [1.82, 2.24) is 5.32 Å². The fourth-order valence-corrected chi connectivity index (χ4v) is 2.88. The van der Waals surface area contributed by atoms with Crippen molar-refractivity contribution in [3.05, 3.63) is 24.2 Å². The van der Waals surface area contributed by atoms with E-state index in [4.69, 9.17) is 4.42 Å². The van der Waals surface area contributed by atoms with Crippen molar-refractivity contribution >= 4 is 0 Å². The summed E-state index contributed by atoms with van der Waals surface area (Å²) in [6.07, 6.45) is 8.93. The molecule has 1 aliphatic rings. The highest BCUT2D eigenvalue weighted by molar-refractivity contribution is 5.15. The molecule has 3 atom stereocenters. The van der Waals surface area contributed by atoms with Gasteiger partial charge in [-0.15, -0.1) is 0 Å². The molecule has 0 bridgehead atoms. The van der Waals surface area contributed by atoms with Gasteiger partial charge >= 0.3 is 0 Å². The first-order chi connectivity index (χ1) is 7.35. The maximum absolute atomic E-state index is 5.21. The lowest BCUT2D eigenvalue weighted by molar-refractivity contribution is 0.253. The number of rotatable bonds is 3. The van der Waals surface area contributed by atoms with Gasteiger partial charge in [0.1, 0.15) is 0 Å². The fourth-order valence-electron chi connectivity index (χ4n) is 2.88. The summed E-state index contributed by atoms with van der Waals surface area (Å²) in [5.41, 5.74) is 1.39. The van der Waals surface area contributed by atoms with E-state index in [1.165, 1.54) is 31.2 Å². The van der Waals surface area contributed by atoms with Crippen molar-refractivity contribution in [2.75, 3.05) is 7.05 Å². The summed E-state index contributed by atoms with van der Waals surface area (Å²) in [4.78, 5) is 0. The molecule has 1 aromatic rings. The largest absolute Gasteiger partial charge is 0.472 e. The second kappa shape index (κ2) is 4.84. The smallest absolute Gasteiger partial charge is 0.0937 e. The van der Waals surface area contributed by atoms with Crippen molar-refractivity contribution in [1.29, 1.82) is 0 Å². The fraction of sp³-hybridized carbons (Fsp3) is 0.692. The van der Waals surface area contributed by atoms with Crippen LogP contribution in [-0.2, 0) is 0 Å². The van der Waals surface area contributed by atoms with E-state index in [1.54, 1.807) is 6.26 Å². The summed E-state index contributed by atoms with van der Waals surface area (Å²) in [6.45, 7) is 2.30. The summed E-state index contributed by atoms with van der Waals surface area (Å²) >= 11 is 0. The van der Waals surface area contributed by atoms with E-state index in [-0.39, 0.29) is 0 Å². The molecule has 2 heteroatoms. The Balaban J connectivity index is 2.10. The van der Waals surface area contributed by atoms with Crippen LogP contribution in [0.2, 0.25) is 0 Å². The van der Waals surface area contributed by atoms with Gasteiger partial charge in [0, 0.05) is 6.04 Å². The average molecular weight is 207 g/mol. The molecule has 84 valence electrons. The molecule has 0 radical (unpaired) electrons. The van der Waals surface area contributed by atoms with Crippen molar-refractivity contribution in [3.63, 3.8) is 0 Å². The Morgan fingerprint density at radius 3 is 2.93 bits per heavy atom. The summed E-state index contributed by atoms with van der Waals surface area (Å²) in [5.74, 6) is 1.53. The number of furan rings is 1.